The van der Waals surface area contributed by atoms with E-state index in [1.54, 1.807) is 29.7 Å². The van der Waals surface area contributed by atoms with Gasteiger partial charge in [-0.05, 0) is 43.4 Å². The Kier molecular flexibility index (Phi) is 6.09. The van der Waals surface area contributed by atoms with Gasteiger partial charge >= 0.3 is 0 Å². The molecule has 0 bridgehead atoms. The molecular formula is C23H23ClN4O2S2. The molecule has 0 radical (unpaired) electrons. The standard InChI is InChI=1S/C23H23ClN4O2S2/c1-2-3-4-10-27-22(30)20-16-6-5-7-17(16)32-21(20)26-23(27)31-13-15-11-19(29)28-12-14(24)8-9-18(28)25-15/h8-9,11-12H,2-7,10,13H2,1H3. The number of unbranched alkanes of at least 4 members (excludes halogenated alkanes) is 2. The van der Waals surface area contributed by atoms with Crippen LogP contribution in [-0.4, -0.2) is 18.9 Å². The van der Waals surface area contributed by atoms with Crippen LogP contribution in [0.3, 0.4) is 0 Å². The van der Waals surface area contributed by atoms with Crippen molar-refractivity contribution in [1.29, 1.82) is 0 Å². The van der Waals surface area contributed by atoms with Gasteiger partial charge in [-0.25, -0.2) is 9.97 Å². The van der Waals surface area contributed by atoms with Crippen LogP contribution in [0.4, 0.5) is 0 Å². The van der Waals surface area contributed by atoms with E-state index in [4.69, 9.17) is 16.6 Å². The van der Waals surface area contributed by atoms with E-state index >= 15 is 0 Å². The molecule has 0 spiro atoms. The summed E-state index contributed by atoms with van der Waals surface area (Å²) in [5.74, 6) is 0.463. The normalized spacial score (nSPS) is 13.3. The van der Waals surface area contributed by atoms with Crippen LogP contribution in [0.1, 0.15) is 48.7 Å². The summed E-state index contributed by atoms with van der Waals surface area (Å²) >= 11 is 9.13. The zero-order valence-electron chi connectivity index (χ0n) is 17.8. The highest BCUT2D eigenvalue weighted by molar-refractivity contribution is 7.98. The fourth-order valence-corrected chi connectivity index (χ4v) is 6.60. The fourth-order valence-electron chi connectivity index (χ4n) is 4.22. The van der Waals surface area contributed by atoms with E-state index in [-0.39, 0.29) is 11.1 Å². The number of fused-ring (bicyclic) bond motifs is 4. The lowest BCUT2D eigenvalue weighted by atomic mass is 10.2. The number of thiophene rings is 1. The minimum atomic E-state index is -0.175. The summed E-state index contributed by atoms with van der Waals surface area (Å²) in [6, 6.07) is 4.97. The Morgan fingerprint density at radius 2 is 2.06 bits per heavy atom. The van der Waals surface area contributed by atoms with Crippen molar-refractivity contribution in [2.24, 2.45) is 0 Å². The summed E-state index contributed by atoms with van der Waals surface area (Å²) in [5.41, 5.74) is 2.33. The molecule has 0 aliphatic heterocycles. The van der Waals surface area contributed by atoms with Crippen molar-refractivity contribution >= 4 is 50.6 Å². The number of rotatable bonds is 7. The number of aryl methyl sites for hydroxylation is 2. The van der Waals surface area contributed by atoms with Crippen LogP contribution in [0, 0.1) is 0 Å². The average Bonchev–Trinajstić information content (AvgIpc) is 3.35. The third-order valence-electron chi connectivity index (χ3n) is 5.80. The Morgan fingerprint density at radius 3 is 2.91 bits per heavy atom. The summed E-state index contributed by atoms with van der Waals surface area (Å²) in [7, 11) is 0. The predicted molar refractivity (Wildman–Crippen MR) is 131 cm³/mol. The Hall–Kier alpha value is -2.16. The van der Waals surface area contributed by atoms with Crippen molar-refractivity contribution in [3.05, 3.63) is 66.3 Å². The molecule has 0 fully saturated rings. The van der Waals surface area contributed by atoms with E-state index < -0.39 is 0 Å². The second-order valence-electron chi connectivity index (χ2n) is 8.05. The van der Waals surface area contributed by atoms with Crippen LogP contribution >= 0.6 is 34.7 Å². The van der Waals surface area contributed by atoms with E-state index in [1.807, 2.05) is 4.57 Å². The third kappa shape index (κ3) is 4.00. The minimum absolute atomic E-state index is 0.0779. The monoisotopic (exact) mass is 486 g/mol. The SMILES string of the molecule is CCCCCn1c(SCc2cc(=O)n3cc(Cl)ccc3n2)nc2sc3c(c2c1=O)CCC3. The topological polar surface area (TPSA) is 69.3 Å². The molecule has 1 aliphatic rings. The van der Waals surface area contributed by atoms with E-state index in [0.717, 1.165) is 48.7 Å². The van der Waals surface area contributed by atoms with E-state index in [1.165, 1.54) is 32.7 Å². The maximum Gasteiger partial charge on any atom is 0.263 e. The maximum atomic E-state index is 13.5. The fraction of sp³-hybridized carbons (Fsp3) is 0.391. The largest absolute Gasteiger partial charge is 0.287 e. The number of aromatic nitrogens is 4. The Bertz CT molecular complexity index is 1440. The van der Waals surface area contributed by atoms with Gasteiger partial charge < -0.3 is 0 Å². The zero-order chi connectivity index (χ0) is 22.2. The first kappa shape index (κ1) is 21.7. The van der Waals surface area contributed by atoms with Gasteiger partial charge in [0.25, 0.3) is 11.1 Å². The van der Waals surface area contributed by atoms with Crippen molar-refractivity contribution in [3.63, 3.8) is 0 Å². The number of thioether (sulfide) groups is 1. The summed E-state index contributed by atoms with van der Waals surface area (Å²) < 4.78 is 3.27. The quantitative estimate of drug-likeness (QED) is 0.207. The molecule has 0 aromatic carbocycles. The van der Waals surface area contributed by atoms with E-state index in [0.29, 0.717) is 33.8 Å². The molecule has 0 unspecified atom stereocenters. The Balaban J connectivity index is 1.51. The molecule has 4 heterocycles. The van der Waals surface area contributed by atoms with Gasteiger partial charge in [-0.1, -0.05) is 43.1 Å². The minimum Gasteiger partial charge on any atom is -0.287 e. The van der Waals surface area contributed by atoms with Crippen LogP contribution in [-0.2, 0) is 25.1 Å². The number of hydrogen-bond donors (Lipinski definition) is 0. The lowest BCUT2D eigenvalue weighted by Gasteiger charge is -2.12. The van der Waals surface area contributed by atoms with Gasteiger partial charge in [-0.3, -0.25) is 18.6 Å². The van der Waals surface area contributed by atoms with Gasteiger partial charge in [0, 0.05) is 29.4 Å². The van der Waals surface area contributed by atoms with Gasteiger partial charge in [0.2, 0.25) is 0 Å². The number of halogens is 1. The Morgan fingerprint density at radius 1 is 1.19 bits per heavy atom. The van der Waals surface area contributed by atoms with Gasteiger partial charge in [0.1, 0.15) is 10.5 Å². The first-order valence-corrected chi connectivity index (χ1v) is 13.1. The predicted octanol–water partition coefficient (Wildman–Crippen LogP) is 5.09. The summed E-state index contributed by atoms with van der Waals surface area (Å²) in [6.45, 7) is 2.82. The maximum absolute atomic E-state index is 13.5. The van der Waals surface area contributed by atoms with Crippen molar-refractivity contribution < 1.29 is 0 Å². The highest BCUT2D eigenvalue weighted by atomic mass is 35.5. The van der Waals surface area contributed by atoms with Gasteiger partial charge in [-0.15, -0.1) is 11.3 Å². The van der Waals surface area contributed by atoms with E-state index in [9.17, 15) is 9.59 Å². The first-order chi connectivity index (χ1) is 15.5. The number of pyridine rings is 1. The molecule has 0 saturated carbocycles. The van der Waals surface area contributed by atoms with Crippen molar-refractivity contribution in [1.82, 2.24) is 18.9 Å². The summed E-state index contributed by atoms with van der Waals surface area (Å²) in [5, 5.41) is 2.01. The molecule has 0 N–H and O–H groups in total. The smallest absolute Gasteiger partial charge is 0.263 e. The van der Waals surface area contributed by atoms with Crippen LogP contribution in [0.5, 0.6) is 0 Å². The molecule has 4 aromatic heterocycles. The van der Waals surface area contributed by atoms with Crippen LogP contribution in [0.15, 0.2) is 39.1 Å². The van der Waals surface area contributed by atoms with Crippen molar-refractivity contribution in [2.45, 2.75) is 62.9 Å². The lowest BCUT2D eigenvalue weighted by Crippen LogP contribution is -2.23. The molecular weight excluding hydrogens is 464 g/mol. The second-order valence-corrected chi connectivity index (χ2v) is 10.5. The molecule has 9 heteroatoms. The molecule has 4 aromatic rings. The first-order valence-electron chi connectivity index (χ1n) is 10.9. The molecule has 0 atom stereocenters. The van der Waals surface area contributed by atoms with Gasteiger partial charge in [0.15, 0.2) is 5.16 Å². The summed E-state index contributed by atoms with van der Waals surface area (Å²) in [4.78, 5) is 37.6. The third-order valence-corrected chi connectivity index (χ3v) is 8.22. The molecule has 0 amide bonds. The average molecular weight is 487 g/mol. The van der Waals surface area contributed by atoms with E-state index in [2.05, 4.69) is 11.9 Å². The van der Waals surface area contributed by atoms with Gasteiger partial charge in [-0.2, -0.15) is 0 Å². The molecule has 6 nitrogen and oxygen atoms in total. The van der Waals surface area contributed by atoms with Crippen LogP contribution in [0.2, 0.25) is 5.02 Å². The van der Waals surface area contributed by atoms with Crippen LogP contribution < -0.4 is 11.1 Å². The summed E-state index contributed by atoms with van der Waals surface area (Å²) in [6.07, 6.45) is 7.82. The molecule has 32 heavy (non-hydrogen) atoms. The molecule has 0 saturated heterocycles. The molecule has 5 rings (SSSR count). The molecule has 1 aliphatic carbocycles. The number of hydrogen-bond acceptors (Lipinski definition) is 6. The van der Waals surface area contributed by atoms with Crippen molar-refractivity contribution in [3.8, 4) is 0 Å². The number of nitrogens with zero attached hydrogens (tertiary/aromatic N) is 4. The zero-order valence-corrected chi connectivity index (χ0v) is 20.2. The lowest BCUT2D eigenvalue weighted by molar-refractivity contribution is 0.542. The highest BCUT2D eigenvalue weighted by Gasteiger charge is 2.23. The Labute approximate surface area is 198 Å². The second kappa shape index (κ2) is 9.00. The van der Waals surface area contributed by atoms with Crippen LogP contribution in [0.25, 0.3) is 15.9 Å². The highest BCUT2D eigenvalue weighted by Crippen LogP contribution is 2.36. The van der Waals surface area contributed by atoms with Crippen molar-refractivity contribution in [2.75, 3.05) is 0 Å². The molecule has 166 valence electrons. The van der Waals surface area contributed by atoms with Gasteiger partial charge in [0.05, 0.1) is 16.1 Å².